The van der Waals surface area contributed by atoms with E-state index in [-0.39, 0.29) is 24.0 Å². The molecule has 4 rings (SSSR count). The molecule has 0 aromatic carbocycles. The maximum atomic E-state index is 12.3. The second-order valence-corrected chi connectivity index (χ2v) is 8.50. The van der Waals surface area contributed by atoms with E-state index in [2.05, 4.69) is 25.5 Å². The van der Waals surface area contributed by atoms with Gasteiger partial charge in [-0.25, -0.2) is 9.97 Å². The van der Waals surface area contributed by atoms with Gasteiger partial charge in [0.25, 0.3) is 5.91 Å². The van der Waals surface area contributed by atoms with Crippen molar-refractivity contribution in [3.8, 4) is 0 Å². The molecule has 152 valence electrons. The Bertz CT molecular complexity index is 960. The van der Waals surface area contributed by atoms with Gasteiger partial charge in [-0.15, -0.1) is 22.7 Å². The van der Waals surface area contributed by atoms with Crippen molar-refractivity contribution in [2.45, 2.75) is 32.2 Å². The number of rotatable bonds is 7. The summed E-state index contributed by atoms with van der Waals surface area (Å²) in [6.45, 7) is 3.06. The van der Waals surface area contributed by atoms with Crippen molar-refractivity contribution in [1.82, 2.24) is 14.9 Å². The van der Waals surface area contributed by atoms with Gasteiger partial charge in [0, 0.05) is 17.3 Å². The Kier molecular flexibility index (Phi) is 6.33. The maximum Gasteiger partial charge on any atom is 0.293 e. The van der Waals surface area contributed by atoms with Crippen molar-refractivity contribution in [2.24, 2.45) is 0 Å². The van der Waals surface area contributed by atoms with Gasteiger partial charge in [-0.05, 0) is 38.1 Å². The molecule has 1 saturated heterocycles. The van der Waals surface area contributed by atoms with Crippen molar-refractivity contribution < 1.29 is 14.0 Å². The molecule has 29 heavy (non-hydrogen) atoms. The first-order valence-electron chi connectivity index (χ1n) is 9.41. The second-order valence-electron chi connectivity index (χ2n) is 6.78. The summed E-state index contributed by atoms with van der Waals surface area (Å²) in [6.07, 6.45) is 5.34. The minimum Gasteiger partial charge on any atom is -0.459 e. The van der Waals surface area contributed by atoms with Crippen LogP contribution in [-0.2, 0) is 17.8 Å². The summed E-state index contributed by atoms with van der Waals surface area (Å²) >= 11 is 2.70. The number of amides is 2. The van der Waals surface area contributed by atoms with Crippen LogP contribution in [0.5, 0.6) is 0 Å². The lowest BCUT2D eigenvalue weighted by atomic mass is 10.1. The normalized spacial score (nSPS) is 14.6. The molecule has 0 saturated carbocycles. The Hall–Kier alpha value is -2.56. The summed E-state index contributed by atoms with van der Waals surface area (Å²) in [6, 6.07) is 3.22. The number of carbonyl (C=O) groups excluding carboxylic acids is 2. The highest BCUT2D eigenvalue weighted by Gasteiger charge is 2.15. The van der Waals surface area contributed by atoms with Crippen molar-refractivity contribution in [2.75, 3.05) is 23.7 Å². The lowest BCUT2D eigenvalue weighted by Crippen LogP contribution is -2.29. The van der Waals surface area contributed by atoms with Crippen molar-refractivity contribution in [3.05, 3.63) is 46.3 Å². The zero-order valence-corrected chi connectivity index (χ0v) is 17.4. The molecule has 3 aromatic rings. The first-order valence-corrected chi connectivity index (χ1v) is 11.2. The van der Waals surface area contributed by atoms with E-state index >= 15 is 0 Å². The zero-order chi connectivity index (χ0) is 20.1. The molecule has 1 aliphatic rings. The van der Waals surface area contributed by atoms with Gasteiger partial charge in [-0.2, -0.15) is 0 Å². The van der Waals surface area contributed by atoms with E-state index in [1.54, 1.807) is 17.5 Å². The van der Waals surface area contributed by atoms with E-state index in [0.29, 0.717) is 16.0 Å². The molecular weight excluding hydrogens is 410 g/mol. The molecule has 2 amide bonds. The standard InChI is InChI=1S/C19H21N5O3S2/c25-16(22-18-21-14(12-29-18)10-24-6-2-1-3-7-24)9-13-11-28-19(20-13)23-17(26)15-5-4-8-27-15/h4-5,8,11-12H,1-3,6-7,9-10H2,(H,20,23,26)(H,21,22,25). The fourth-order valence-corrected chi connectivity index (χ4v) is 4.55. The van der Waals surface area contributed by atoms with Crippen molar-refractivity contribution >= 4 is 44.8 Å². The summed E-state index contributed by atoms with van der Waals surface area (Å²) in [7, 11) is 0. The number of nitrogens with one attached hydrogen (secondary N) is 2. The monoisotopic (exact) mass is 431 g/mol. The molecule has 1 fully saturated rings. The largest absolute Gasteiger partial charge is 0.459 e. The van der Waals surface area contributed by atoms with E-state index in [4.69, 9.17) is 4.42 Å². The number of anilines is 2. The first kappa shape index (κ1) is 19.7. The lowest BCUT2D eigenvalue weighted by Gasteiger charge is -2.25. The Morgan fingerprint density at radius 3 is 2.52 bits per heavy atom. The van der Waals surface area contributed by atoms with Gasteiger partial charge in [0.15, 0.2) is 16.0 Å². The average Bonchev–Trinajstić information content (AvgIpc) is 3.46. The summed E-state index contributed by atoms with van der Waals surface area (Å²) in [5.41, 5.74) is 1.58. The number of thiazole rings is 2. The van der Waals surface area contributed by atoms with Gasteiger partial charge in [-0.3, -0.25) is 19.8 Å². The summed E-state index contributed by atoms with van der Waals surface area (Å²) in [5.74, 6) is -0.342. The van der Waals surface area contributed by atoms with Gasteiger partial charge in [0.05, 0.1) is 24.1 Å². The maximum absolute atomic E-state index is 12.3. The molecule has 0 atom stereocenters. The van der Waals surface area contributed by atoms with E-state index in [0.717, 1.165) is 25.3 Å². The number of hydrogen-bond donors (Lipinski definition) is 2. The molecule has 1 aliphatic heterocycles. The number of hydrogen-bond acceptors (Lipinski definition) is 8. The predicted octanol–water partition coefficient (Wildman–Crippen LogP) is 3.61. The van der Waals surface area contributed by atoms with Crippen LogP contribution in [0.25, 0.3) is 0 Å². The number of furan rings is 1. The van der Waals surface area contributed by atoms with Crippen LogP contribution in [0.3, 0.4) is 0 Å². The van der Waals surface area contributed by atoms with Crippen LogP contribution < -0.4 is 10.6 Å². The smallest absolute Gasteiger partial charge is 0.293 e. The first-order chi connectivity index (χ1) is 14.2. The molecule has 0 radical (unpaired) electrons. The topological polar surface area (TPSA) is 100 Å². The molecule has 0 bridgehead atoms. The third-order valence-electron chi connectivity index (χ3n) is 4.49. The number of carbonyl (C=O) groups is 2. The van der Waals surface area contributed by atoms with Gasteiger partial charge in [0.2, 0.25) is 5.91 Å². The van der Waals surface area contributed by atoms with Crippen LogP contribution in [0.4, 0.5) is 10.3 Å². The SMILES string of the molecule is O=C(Cc1csc(NC(=O)c2ccco2)n1)Nc1nc(CN2CCCCC2)cs1. The van der Waals surface area contributed by atoms with Crippen molar-refractivity contribution in [3.63, 3.8) is 0 Å². The minimum atomic E-state index is -0.371. The zero-order valence-electron chi connectivity index (χ0n) is 15.7. The van der Waals surface area contributed by atoms with Crippen LogP contribution in [0, 0.1) is 0 Å². The van der Waals surface area contributed by atoms with Gasteiger partial charge < -0.3 is 9.73 Å². The summed E-state index contributed by atoms with van der Waals surface area (Å²) in [5, 5.41) is 10.3. The van der Waals surface area contributed by atoms with Crippen LogP contribution in [0.2, 0.25) is 0 Å². The average molecular weight is 432 g/mol. The number of aromatic nitrogens is 2. The van der Waals surface area contributed by atoms with E-state index < -0.39 is 0 Å². The molecule has 4 heterocycles. The molecule has 0 aliphatic carbocycles. The Morgan fingerprint density at radius 2 is 1.76 bits per heavy atom. The van der Waals surface area contributed by atoms with E-state index in [1.807, 2.05) is 5.38 Å². The quantitative estimate of drug-likeness (QED) is 0.593. The fraction of sp³-hybridized carbons (Fsp3) is 0.368. The Balaban J connectivity index is 1.26. The molecule has 8 nitrogen and oxygen atoms in total. The molecule has 0 spiro atoms. The predicted molar refractivity (Wildman–Crippen MR) is 112 cm³/mol. The van der Waals surface area contributed by atoms with Gasteiger partial charge in [0.1, 0.15) is 0 Å². The van der Waals surface area contributed by atoms with Crippen LogP contribution in [0.15, 0.2) is 33.6 Å². The van der Waals surface area contributed by atoms with Crippen LogP contribution in [0.1, 0.15) is 41.2 Å². The number of piperidine rings is 1. The Morgan fingerprint density at radius 1 is 1.03 bits per heavy atom. The third kappa shape index (κ3) is 5.49. The molecular formula is C19H21N5O3S2. The minimum absolute atomic E-state index is 0.119. The molecule has 0 unspecified atom stereocenters. The van der Waals surface area contributed by atoms with Crippen LogP contribution >= 0.6 is 22.7 Å². The molecule has 10 heteroatoms. The highest BCUT2D eigenvalue weighted by atomic mass is 32.1. The van der Waals surface area contributed by atoms with Crippen molar-refractivity contribution in [1.29, 1.82) is 0 Å². The summed E-state index contributed by atoms with van der Waals surface area (Å²) < 4.78 is 5.05. The van der Waals surface area contributed by atoms with Crippen LogP contribution in [-0.4, -0.2) is 39.8 Å². The highest BCUT2D eigenvalue weighted by Crippen LogP contribution is 2.20. The number of likely N-dealkylation sites (tertiary alicyclic amines) is 1. The fourth-order valence-electron chi connectivity index (χ4n) is 3.12. The van der Waals surface area contributed by atoms with Gasteiger partial charge in [-0.1, -0.05) is 6.42 Å². The summed E-state index contributed by atoms with van der Waals surface area (Å²) in [4.78, 5) is 35.5. The van der Waals surface area contributed by atoms with Gasteiger partial charge >= 0.3 is 0 Å². The Labute approximate surface area is 176 Å². The lowest BCUT2D eigenvalue weighted by molar-refractivity contribution is -0.115. The molecule has 2 N–H and O–H groups in total. The molecule has 3 aromatic heterocycles. The number of nitrogens with zero attached hydrogens (tertiary/aromatic N) is 3. The highest BCUT2D eigenvalue weighted by molar-refractivity contribution is 7.14. The second kappa shape index (κ2) is 9.29. The van der Waals surface area contributed by atoms with E-state index in [9.17, 15) is 9.59 Å². The third-order valence-corrected chi connectivity index (χ3v) is 6.10. The van der Waals surface area contributed by atoms with E-state index in [1.165, 1.54) is 48.2 Å².